The lowest BCUT2D eigenvalue weighted by Gasteiger charge is -2.06. The van der Waals surface area contributed by atoms with Crippen LogP contribution in [-0.2, 0) is 4.79 Å². The molecule has 2 aromatic carbocycles. The van der Waals surface area contributed by atoms with Crippen LogP contribution in [0.25, 0.3) is 11.3 Å². The lowest BCUT2D eigenvalue weighted by molar-refractivity contribution is -0.384. The van der Waals surface area contributed by atoms with Crippen LogP contribution < -0.4 is 10.1 Å². The Balaban J connectivity index is 1.73. The number of furan rings is 1. The summed E-state index contributed by atoms with van der Waals surface area (Å²) in [6, 6.07) is 16.3. The summed E-state index contributed by atoms with van der Waals surface area (Å²) in [7, 11) is 0. The summed E-state index contributed by atoms with van der Waals surface area (Å²) in [5, 5.41) is 22.7. The number of halogens is 1. The van der Waals surface area contributed by atoms with Gasteiger partial charge in [0.2, 0.25) is 5.88 Å². The fourth-order valence-electron chi connectivity index (χ4n) is 2.32. The van der Waals surface area contributed by atoms with Crippen LogP contribution in [0.3, 0.4) is 0 Å². The number of non-ortho nitro benzene ring substituents is 1. The Morgan fingerprint density at radius 3 is 2.68 bits per heavy atom. The van der Waals surface area contributed by atoms with Crippen LogP contribution in [0.5, 0.6) is 5.75 Å². The van der Waals surface area contributed by atoms with Crippen LogP contribution in [0.1, 0.15) is 5.56 Å². The summed E-state index contributed by atoms with van der Waals surface area (Å²) in [6.45, 7) is -0.266. The first-order valence-electron chi connectivity index (χ1n) is 7.93. The number of nitro benzene ring substituents is 1. The smallest absolute Gasteiger partial charge is 0.270 e. The first-order chi connectivity index (χ1) is 13.5. The van der Waals surface area contributed by atoms with Crippen molar-refractivity contribution in [2.24, 2.45) is 0 Å². The highest BCUT2D eigenvalue weighted by Gasteiger charge is 2.17. The summed E-state index contributed by atoms with van der Waals surface area (Å²) in [6.07, 6.45) is 0. The van der Waals surface area contributed by atoms with Crippen LogP contribution in [-0.4, -0.2) is 17.4 Å². The van der Waals surface area contributed by atoms with Crippen LogP contribution in [0.2, 0.25) is 0 Å². The van der Waals surface area contributed by atoms with Gasteiger partial charge in [-0.25, -0.2) is 0 Å². The first-order valence-corrected chi connectivity index (χ1v) is 9.01. The third kappa shape index (κ3) is 4.66. The molecule has 0 saturated heterocycles. The zero-order valence-corrected chi connectivity index (χ0v) is 16.4. The second kappa shape index (κ2) is 8.53. The second-order valence-corrected chi connectivity index (χ2v) is 6.81. The zero-order valence-electron chi connectivity index (χ0n) is 14.2. The Hall–Kier alpha value is -3.39. The monoisotopic (exact) mass is 489 g/mol. The molecular formula is C19H12IN3O5. The van der Waals surface area contributed by atoms with E-state index in [1.807, 2.05) is 18.2 Å². The van der Waals surface area contributed by atoms with Crippen molar-refractivity contribution in [2.45, 2.75) is 0 Å². The molecule has 140 valence electrons. The van der Waals surface area contributed by atoms with E-state index >= 15 is 0 Å². The van der Waals surface area contributed by atoms with Gasteiger partial charge in [-0.3, -0.25) is 20.2 Å². The molecule has 0 unspecified atom stereocenters. The van der Waals surface area contributed by atoms with Crippen LogP contribution in [0, 0.1) is 25.0 Å². The van der Waals surface area contributed by atoms with Gasteiger partial charge in [0.1, 0.15) is 23.1 Å². The van der Waals surface area contributed by atoms with E-state index in [9.17, 15) is 20.2 Å². The fourth-order valence-corrected chi connectivity index (χ4v) is 2.68. The number of rotatable bonds is 6. The van der Waals surface area contributed by atoms with Crippen molar-refractivity contribution in [3.05, 3.63) is 73.8 Å². The molecule has 1 amide bonds. The van der Waals surface area contributed by atoms with Crippen LogP contribution in [0.15, 0.2) is 59.0 Å². The average Bonchev–Trinajstić information content (AvgIpc) is 3.10. The number of nitrogens with zero attached hydrogens (tertiary/aromatic N) is 2. The van der Waals surface area contributed by atoms with Gasteiger partial charge in [0, 0.05) is 27.3 Å². The van der Waals surface area contributed by atoms with Crippen molar-refractivity contribution >= 4 is 40.1 Å². The molecule has 0 aliphatic heterocycles. The summed E-state index contributed by atoms with van der Waals surface area (Å²) >= 11 is 2.16. The molecule has 1 N–H and O–H groups in total. The topological polar surface area (TPSA) is 118 Å². The van der Waals surface area contributed by atoms with E-state index in [-0.39, 0.29) is 29.5 Å². The number of ether oxygens (including phenoxy) is 1. The van der Waals surface area contributed by atoms with E-state index in [1.165, 1.54) is 24.3 Å². The summed E-state index contributed by atoms with van der Waals surface area (Å²) in [4.78, 5) is 22.5. The van der Waals surface area contributed by atoms with Crippen molar-refractivity contribution in [3.8, 4) is 23.1 Å². The number of benzene rings is 2. The molecule has 3 aromatic rings. The van der Waals surface area contributed by atoms with E-state index in [1.54, 1.807) is 18.2 Å². The molecule has 0 aliphatic rings. The first kappa shape index (κ1) is 19.4. The lowest BCUT2D eigenvalue weighted by Crippen LogP contribution is -2.20. The number of hydrogen-bond donors (Lipinski definition) is 1. The molecule has 28 heavy (non-hydrogen) atoms. The summed E-state index contributed by atoms with van der Waals surface area (Å²) < 4.78 is 12.0. The average molecular weight is 489 g/mol. The molecule has 0 fully saturated rings. The van der Waals surface area contributed by atoms with Crippen molar-refractivity contribution in [2.75, 3.05) is 11.9 Å². The molecular weight excluding hydrogens is 477 g/mol. The SMILES string of the molecule is N#Cc1cc(-c2cccc([N+](=O)[O-])c2)oc1NC(=O)COc1ccc(I)cc1. The predicted molar refractivity (Wildman–Crippen MR) is 109 cm³/mol. The quantitative estimate of drug-likeness (QED) is 0.313. The van der Waals surface area contributed by atoms with Gasteiger partial charge in [-0.1, -0.05) is 12.1 Å². The molecule has 0 spiro atoms. The Bertz CT molecular complexity index is 1070. The number of nitrogens with one attached hydrogen (secondary N) is 1. The van der Waals surface area contributed by atoms with Crippen molar-refractivity contribution in [1.82, 2.24) is 0 Å². The number of nitro groups is 1. The predicted octanol–water partition coefficient (Wildman–Crippen LogP) is 4.35. The van der Waals surface area contributed by atoms with Gasteiger partial charge >= 0.3 is 0 Å². The Kier molecular flexibility index (Phi) is 5.90. The Morgan fingerprint density at radius 1 is 1.25 bits per heavy atom. The van der Waals surface area contributed by atoms with Gasteiger partial charge in [-0.2, -0.15) is 5.26 Å². The summed E-state index contributed by atoms with van der Waals surface area (Å²) in [5.41, 5.74) is 0.411. The molecule has 0 radical (unpaired) electrons. The number of carbonyl (C=O) groups is 1. The molecule has 0 saturated carbocycles. The van der Waals surface area contributed by atoms with Crippen molar-refractivity contribution < 1.29 is 18.9 Å². The third-order valence-corrected chi connectivity index (χ3v) is 4.35. The fraction of sp³-hybridized carbons (Fsp3) is 0.0526. The largest absolute Gasteiger partial charge is 0.484 e. The highest BCUT2D eigenvalue weighted by Crippen LogP contribution is 2.30. The highest BCUT2D eigenvalue weighted by atomic mass is 127. The van der Waals surface area contributed by atoms with Gasteiger partial charge in [-0.05, 0) is 46.9 Å². The summed E-state index contributed by atoms with van der Waals surface area (Å²) in [5.74, 6) is 0.220. The second-order valence-electron chi connectivity index (χ2n) is 5.56. The molecule has 8 nitrogen and oxygen atoms in total. The van der Waals surface area contributed by atoms with E-state index in [0.717, 1.165) is 3.57 Å². The molecule has 1 aromatic heterocycles. The van der Waals surface area contributed by atoms with Gasteiger partial charge in [0.25, 0.3) is 11.6 Å². The molecule has 3 rings (SSSR count). The molecule has 0 bridgehead atoms. The van der Waals surface area contributed by atoms with E-state index in [4.69, 9.17) is 9.15 Å². The highest BCUT2D eigenvalue weighted by molar-refractivity contribution is 14.1. The van der Waals surface area contributed by atoms with Crippen molar-refractivity contribution in [1.29, 1.82) is 5.26 Å². The number of anilines is 1. The normalized spacial score (nSPS) is 10.1. The molecule has 0 atom stereocenters. The van der Waals surface area contributed by atoms with Crippen molar-refractivity contribution in [3.63, 3.8) is 0 Å². The standard InChI is InChI=1S/C19H12IN3O5/c20-14-4-6-16(7-5-14)27-11-18(24)22-19-13(10-21)9-17(28-19)12-2-1-3-15(8-12)23(25)26/h1-9H,11H2,(H,22,24). The maximum absolute atomic E-state index is 12.1. The minimum Gasteiger partial charge on any atom is -0.484 e. The Morgan fingerprint density at radius 2 is 2.00 bits per heavy atom. The molecule has 9 heteroatoms. The molecule has 1 heterocycles. The third-order valence-electron chi connectivity index (χ3n) is 3.63. The van der Waals surface area contributed by atoms with E-state index < -0.39 is 10.8 Å². The lowest BCUT2D eigenvalue weighted by atomic mass is 10.1. The number of carbonyl (C=O) groups excluding carboxylic acids is 1. The van der Waals surface area contributed by atoms with E-state index in [2.05, 4.69) is 27.9 Å². The zero-order chi connectivity index (χ0) is 20.1. The number of nitriles is 1. The minimum atomic E-state index is -0.526. The van der Waals surface area contributed by atoms with Crippen LogP contribution >= 0.6 is 22.6 Å². The number of hydrogen-bond acceptors (Lipinski definition) is 6. The van der Waals surface area contributed by atoms with Gasteiger partial charge < -0.3 is 9.15 Å². The van der Waals surface area contributed by atoms with Gasteiger partial charge in [-0.15, -0.1) is 0 Å². The maximum Gasteiger partial charge on any atom is 0.270 e. The van der Waals surface area contributed by atoms with Crippen LogP contribution in [0.4, 0.5) is 11.6 Å². The maximum atomic E-state index is 12.1. The number of amides is 1. The molecule has 0 aliphatic carbocycles. The minimum absolute atomic E-state index is 0.0415. The Labute approximate surface area is 173 Å². The van der Waals surface area contributed by atoms with Gasteiger partial charge in [0.15, 0.2) is 6.61 Å². The van der Waals surface area contributed by atoms with Gasteiger partial charge in [0.05, 0.1) is 4.92 Å². The van der Waals surface area contributed by atoms with E-state index in [0.29, 0.717) is 11.3 Å².